The zero-order valence-corrected chi connectivity index (χ0v) is 10.8. The molecule has 0 aromatic carbocycles. The molecule has 5 nitrogen and oxygen atoms in total. The van der Waals surface area contributed by atoms with Crippen LogP contribution in [0.15, 0.2) is 0 Å². The van der Waals surface area contributed by atoms with Gasteiger partial charge in [0.1, 0.15) is 17.5 Å². The Labute approximate surface area is 93.3 Å². The molecular weight excluding hydrogens is 343 g/mol. The molecule has 0 amide bonds. The van der Waals surface area contributed by atoms with Crippen molar-refractivity contribution in [1.29, 1.82) is 0 Å². The number of Topliss-reactive ketones (excluding diaryl/α,β-unsaturated/α-hetero) is 3. The van der Waals surface area contributed by atoms with Gasteiger partial charge in [-0.15, -0.1) is 0 Å². The molecule has 6 heteroatoms. The number of aliphatic carboxylic acids is 1. The van der Waals surface area contributed by atoms with E-state index in [0.717, 1.165) is 13.8 Å². The predicted octanol–water partition coefficient (Wildman–Crippen LogP) is -0.568. The molecule has 0 aromatic heterocycles. The van der Waals surface area contributed by atoms with Crippen LogP contribution in [0.25, 0.3) is 0 Å². The first kappa shape index (κ1) is 14.9. The molecule has 0 radical (unpaired) electrons. The summed E-state index contributed by atoms with van der Waals surface area (Å²) in [5.41, 5.74) is 0. The molecule has 0 aliphatic heterocycles. The van der Waals surface area contributed by atoms with Gasteiger partial charge in [0.2, 0.25) is 0 Å². The van der Waals surface area contributed by atoms with Crippen LogP contribution in [0.5, 0.6) is 0 Å². The summed E-state index contributed by atoms with van der Waals surface area (Å²) in [7, 11) is 0. The number of hydrogen-bond acceptors (Lipinski definition) is 4. The third-order valence-corrected chi connectivity index (χ3v) is 1.29. The molecule has 0 bridgehead atoms. The molecule has 70 valence electrons. The van der Waals surface area contributed by atoms with Crippen LogP contribution in [-0.4, -0.2) is 28.4 Å². The van der Waals surface area contributed by atoms with Gasteiger partial charge >= 0.3 is 5.97 Å². The van der Waals surface area contributed by atoms with Crippen LogP contribution in [0.3, 0.4) is 0 Å². The van der Waals surface area contributed by atoms with Crippen molar-refractivity contribution in [1.82, 2.24) is 0 Å². The van der Waals surface area contributed by atoms with Crippen molar-refractivity contribution < 1.29 is 50.1 Å². The van der Waals surface area contributed by atoms with E-state index >= 15 is 0 Å². The fourth-order valence-corrected chi connectivity index (χ4v) is 0.779. The van der Waals surface area contributed by atoms with Crippen molar-refractivity contribution in [2.24, 2.45) is 5.92 Å². The van der Waals surface area contributed by atoms with Gasteiger partial charge in [0.25, 0.3) is 5.78 Å². The van der Waals surface area contributed by atoms with Gasteiger partial charge in [-0.05, 0) is 13.8 Å². The number of carboxylic acid groups (broad SMARTS) is 1. The first-order chi connectivity index (χ1) is 5.37. The van der Waals surface area contributed by atoms with Crippen LogP contribution >= 0.6 is 0 Å². The van der Waals surface area contributed by atoms with E-state index in [2.05, 4.69) is 0 Å². The van der Waals surface area contributed by atoms with E-state index in [-0.39, 0.29) is 25.8 Å². The zero-order chi connectivity index (χ0) is 9.89. The number of carboxylic acids is 1. The average Bonchev–Trinajstić information content (AvgIpc) is 1.85. The molecule has 0 unspecified atom stereocenters. The summed E-state index contributed by atoms with van der Waals surface area (Å²) >= 11 is 0. The second-order valence-corrected chi connectivity index (χ2v) is 2.32. The molecule has 0 rings (SSSR count). The van der Waals surface area contributed by atoms with Crippen LogP contribution in [0.4, 0.5) is 0 Å². The normalized spacial score (nSPS) is 8.85. The molecule has 0 aromatic rings. The van der Waals surface area contributed by atoms with E-state index in [4.69, 9.17) is 5.11 Å². The molecule has 13 heavy (non-hydrogen) atoms. The number of carbonyl (C=O) groups excluding carboxylic acids is 3. The number of hydrogen-bond donors (Lipinski definition) is 1. The molecule has 0 heterocycles. The van der Waals surface area contributed by atoms with Crippen LogP contribution < -0.4 is 0 Å². The van der Waals surface area contributed by atoms with Crippen molar-refractivity contribution in [2.45, 2.75) is 13.8 Å². The Bertz CT molecular complexity index is 244. The van der Waals surface area contributed by atoms with E-state index in [1.54, 1.807) is 0 Å². The molecule has 0 aliphatic carbocycles. The smallest absolute Gasteiger partial charge is 0.373 e. The predicted molar refractivity (Wildman–Crippen MR) is 37.5 cm³/mol. The number of rotatable bonds is 4. The Kier molecular flexibility index (Phi) is 6.75. The van der Waals surface area contributed by atoms with Crippen molar-refractivity contribution >= 4 is 23.3 Å². The summed E-state index contributed by atoms with van der Waals surface area (Å²) in [4.78, 5) is 42.0. The van der Waals surface area contributed by atoms with Gasteiger partial charge in [-0.3, -0.25) is 14.4 Å². The summed E-state index contributed by atoms with van der Waals surface area (Å²) in [6.45, 7) is 2.01. The minimum Gasteiger partial charge on any atom is -0.475 e. The topological polar surface area (TPSA) is 88.5 Å². The zero-order valence-electron chi connectivity index (χ0n) is 7.16. The quantitative estimate of drug-likeness (QED) is 0.417. The molecule has 1 N–H and O–H groups in total. The van der Waals surface area contributed by atoms with E-state index in [1.165, 1.54) is 0 Å². The Balaban J connectivity index is 0. The number of carbonyl (C=O) groups is 4. The maximum absolute atomic E-state index is 10.7. The van der Waals surface area contributed by atoms with Gasteiger partial charge in [-0.1, -0.05) is 0 Å². The largest absolute Gasteiger partial charge is 0.475 e. The molecule has 0 fully saturated rings. The maximum atomic E-state index is 10.7. The van der Waals surface area contributed by atoms with Crippen molar-refractivity contribution in [2.75, 3.05) is 0 Å². The molecule has 0 aliphatic rings. The van der Waals surface area contributed by atoms with Crippen LogP contribution in [0, 0.1) is 5.92 Å². The van der Waals surface area contributed by atoms with Gasteiger partial charge in [-0.25, -0.2) is 4.79 Å². The third-order valence-electron chi connectivity index (χ3n) is 1.29. The van der Waals surface area contributed by atoms with Crippen LogP contribution in [-0.2, 0) is 45.0 Å². The van der Waals surface area contributed by atoms with E-state index < -0.39 is 29.2 Å². The van der Waals surface area contributed by atoms with Crippen molar-refractivity contribution in [3.05, 3.63) is 0 Å². The second-order valence-electron chi connectivity index (χ2n) is 2.32. The standard InChI is InChI=1S/C7H8O5.Hf/c1-3(8)5(4(2)9)6(10)7(11)12;/h5H,1-2H3,(H,11,12);. The fraction of sp³-hybridized carbons (Fsp3) is 0.429. The first-order valence-corrected chi connectivity index (χ1v) is 3.16. The monoisotopic (exact) mass is 352 g/mol. The molecule has 0 saturated heterocycles. The molecular formula is C7H8HfO5. The minimum atomic E-state index is -1.76. The molecule has 0 atom stereocenters. The first-order valence-electron chi connectivity index (χ1n) is 3.16. The maximum Gasteiger partial charge on any atom is 0.373 e. The van der Waals surface area contributed by atoms with Gasteiger partial charge in [0, 0.05) is 25.8 Å². The van der Waals surface area contributed by atoms with Crippen LogP contribution in [0.1, 0.15) is 13.8 Å². The summed E-state index contributed by atoms with van der Waals surface area (Å²) in [6, 6.07) is 0. The molecule has 0 spiro atoms. The summed E-state index contributed by atoms with van der Waals surface area (Å²) in [6.07, 6.45) is 0. The Morgan fingerprint density at radius 2 is 1.31 bits per heavy atom. The third kappa shape index (κ3) is 4.21. The summed E-state index contributed by atoms with van der Waals surface area (Å²) in [5.74, 6) is -6.24. The summed E-state index contributed by atoms with van der Waals surface area (Å²) < 4.78 is 0. The van der Waals surface area contributed by atoms with Gasteiger partial charge in [0.15, 0.2) is 0 Å². The fourth-order valence-electron chi connectivity index (χ4n) is 0.779. The van der Waals surface area contributed by atoms with E-state index in [9.17, 15) is 19.2 Å². The van der Waals surface area contributed by atoms with Gasteiger partial charge < -0.3 is 5.11 Å². The Hall–Kier alpha value is -0.650. The Morgan fingerprint density at radius 3 is 1.38 bits per heavy atom. The second kappa shape index (κ2) is 5.90. The summed E-state index contributed by atoms with van der Waals surface area (Å²) in [5, 5.41) is 8.20. The van der Waals surface area contributed by atoms with Gasteiger partial charge in [0.05, 0.1) is 0 Å². The van der Waals surface area contributed by atoms with Crippen molar-refractivity contribution in [3.8, 4) is 0 Å². The van der Waals surface area contributed by atoms with Crippen molar-refractivity contribution in [3.63, 3.8) is 0 Å². The van der Waals surface area contributed by atoms with Crippen LogP contribution in [0.2, 0.25) is 0 Å². The van der Waals surface area contributed by atoms with E-state index in [0.29, 0.717) is 0 Å². The number of ketones is 3. The van der Waals surface area contributed by atoms with E-state index in [1.807, 2.05) is 0 Å². The average molecular weight is 351 g/mol. The minimum absolute atomic E-state index is 0. The molecule has 0 saturated carbocycles. The Morgan fingerprint density at radius 1 is 1.00 bits per heavy atom. The van der Waals surface area contributed by atoms with Gasteiger partial charge in [-0.2, -0.15) is 0 Å². The SMILES string of the molecule is CC(=O)C(C(C)=O)C(=O)C(=O)O.[Hf].